The molecular weight excluding hydrogens is 266 g/mol. The standard InChI is InChI=1S/C17H15NO3/c1-3-15-11(2)20-17(18-15)13-6-4-5-12(9-13)16-8-7-14(10-19)21-16/h4-10H,3H2,1-2H3. The average Bonchev–Trinajstić information content (AvgIpc) is 3.13. The zero-order valence-electron chi connectivity index (χ0n) is 11.9. The van der Waals surface area contributed by atoms with Crippen LogP contribution in [-0.2, 0) is 6.42 Å². The third-order valence-corrected chi connectivity index (χ3v) is 3.36. The number of oxazole rings is 1. The first kappa shape index (κ1) is 13.4. The van der Waals surface area contributed by atoms with E-state index in [-0.39, 0.29) is 0 Å². The molecule has 0 bridgehead atoms. The minimum Gasteiger partial charge on any atom is -0.453 e. The highest BCUT2D eigenvalue weighted by Gasteiger charge is 2.12. The summed E-state index contributed by atoms with van der Waals surface area (Å²) < 4.78 is 11.2. The summed E-state index contributed by atoms with van der Waals surface area (Å²) in [6.07, 6.45) is 1.54. The van der Waals surface area contributed by atoms with Crippen LogP contribution in [0.2, 0.25) is 0 Å². The van der Waals surface area contributed by atoms with Crippen molar-refractivity contribution in [3.05, 3.63) is 53.6 Å². The smallest absolute Gasteiger partial charge is 0.226 e. The Bertz CT molecular complexity index is 783. The van der Waals surface area contributed by atoms with Crippen molar-refractivity contribution in [2.75, 3.05) is 0 Å². The SMILES string of the molecule is CCc1nc(-c2cccc(-c3ccc(C=O)o3)c2)oc1C. The zero-order chi connectivity index (χ0) is 14.8. The fourth-order valence-corrected chi connectivity index (χ4v) is 2.26. The van der Waals surface area contributed by atoms with E-state index in [0.717, 1.165) is 29.0 Å². The zero-order valence-corrected chi connectivity index (χ0v) is 11.9. The maximum absolute atomic E-state index is 10.7. The number of hydrogen-bond acceptors (Lipinski definition) is 4. The van der Waals surface area contributed by atoms with Gasteiger partial charge < -0.3 is 8.83 Å². The van der Waals surface area contributed by atoms with Gasteiger partial charge in [0.1, 0.15) is 11.5 Å². The molecule has 0 aliphatic rings. The van der Waals surface area contributed by atoms with Gasteiger partial charge in [0, 0.05) is 11.1 Å². The Morgan fingerprint density at radius 1 is 1.14 bits per heavy atom. The van der Waals surface area contributed by atoms with Crippen molar-refractivity contribution >= 4 is 6.29 Å². The lowest BCUT2D eigenvalue weighted by molar-refractivity contribution is 0.110. The molecule has 0 radical (unpaired) electrons. The molecule has 3 aromatic rings. The van der Waals surface area contributed by atoms with Crippen LogP contribution < -0.4 is 0 Å². The van der Waals surface area contributed by atoms with Crippen LogP contribution in [0.15, 0.2) is 45.2 Å². The highest BCUT2D eigenvalue weighted by atomic mass is 16.4. The second-order valence-electron chi connectivity index (χ2n) is 4.78. The number of hydrogen-bond donors (Lipinski definition) is 0. The van der Waals surface area contributed by atoms with E-state index < -0.39 is 0 Å². The maximum Gasteiger partial charge on any atom is 0.226 e. The van der Waals surface area contributed by atoms with Crippen molar-refractivity contribution in [1.29, 1.82) is 0 Å². The number of benzene rings is 1. The van der Waals surface area contributed by atoms with E-state index in [4.69, 9.17) is 8.83 Å². The third kappa shape index (κ3) is 2.52. The van der Waals surface area contributed by atoms with Gasteiger partial charge in [0.2, 0.25) is 5.89 Å². The Balaban J connectivity index is 2.00. The molecule has 0 saturated heterocycles. The number of furan rings is 1. The molecule has 106 valence electrons. The summed E-state index contributed by atoms with van der Waals surface area (Å²) in [5.74, 6) is 2.42. The summed E-state index contributed by atoms with van der Waals surface area (Å²) in [7, 11) is 0. The lowest BCUT2D eigenvalue weighted by atomic mass is 10.1. The Kier molecular flexibility index (Phi) is 3.44. The summed E-state index contributed by atoms with van der Waals surface area (Å²) >= 11 is 0. The number of carbonyl (C=O) groups is 1. The summed E-state index contributed by atoms with van der Waals surface area (Å²) in [6, 6.07) is 11.2. The lowest BCUT2D eigenvalue weighted by Crippen LogP contribution is -1.83. The van der Waals surface area contributed by atoms with Crippen molar-refractivity contribution in [2.24, 2.45) is 0 Å². The number of aromatic nitrogens is 1. The molecule has 0 unspecified atom stereocenters. The molecule has 0 saturated carbocycles. The van der Waals surface area contributed by atoms with Crippen LogP contribution >= 0.6 is 0 Å². The molecule has 0 spiro atoms. The van der Waals surface area contributed by atoms with E-state index in [1.165, 1.54) is 0 Å². The third-order valence-electron chi connectivity index (χ3n) is 3.36. The minimum atomic E-state index is 0.315. The predicted molar refractivity (Wildman–Crippen MR) is 79.1 cm³/mol. The Morgan fingerprint density at radius 3 is 2.62 bits per heavy atom. The Labute approximate surface area is 122 Å². The molecular formula is C17H15NO3. The van der Waals surface area contributed by atoms with E-state index in [0.29, 0.717) is 23.7 Å². The largest absolute Gasteiger partial charge is 0.453 e. The molecule has 3 rings (SSSR count). The minimum absolute atomic E-state index is 0.315. The van der Waals surface area contributed by atoms with Crippen LogP contribution in [0.4, 0.5) is 0 Å². The average molecular weight is 281 g/mol. The van der Waals surface area contributed by atoms with Gasteiger partial charge in [-0.1, -0.05) is 19.1 Å². The van der Waals surface area contributed by atoms with E-state index in [9.17, 15) is 4.79 Å². The van der Waals surface area contributed by atoms with Gasteiger partial charge in [0.15, 0.2) is 12.0 Å². The highest BCUT2D eigenvalue weighted by Crippen LogP contribution is 2.28. The van der Waals surface area contributed by atoms with Gasteiger partial charge >= 0.3 is 0 Å². The second-order valence-corrected chi connectivity index (χ2v) is 4.78. The van der Waals surface area contributed by atoms with E-state index >= 15 is 0 Å². The normalized spacial score (nSPS) is 10.8. The molecule has 0 fully saturated rings. The van der Waals surface area contributed by atoms with E-state index in [1.807, 2.05) is 31.2 Å². The molecule has 2 aromatic heterocycles. The first-order valence-electron chi connectivity index (χ1n) is 6.83. The van der Waals surface area contributed by atoms with Gasteiger partial charge in [-0.05, 0) is 37.6 Å². The first-order valence-corrected chi connectivity index (χ1v) is 6.83. The number of nitrogens with zero attached hydrogens (tertiary/aromatic N) is 1. The van der Waals surface area contributed by atoms with E-state index in [1.54, 1.807) is 12.1 Å². The quantitative estimate of drug-likeness (QED) is 0.669. The van der Waals surface area contributed by atoms with Crippen LogP contribution in [0.1, 0.15) is 28.9 Å². The molecule has 0 aliphatic carbocycles. The van der Waals surface area contributed by atoms with Crippen molar-refractivity contribution in [3.63, 3.8) is 0 Å². The van der Waals surface area contributed by atoms with Gasteiger partial charge in [0.05, 0.1) is 5.69 Å². The van der Waals surface area contributed by atoms with Crippen molar-refractivity contribution in [2.45, 2.75) is 20.3 Å². The molecule has 4 nitrogen and oxygen atoms in total. The number of aldehydes is 1. The molecule has 1 aromatic carbocycles. The van der Waals surface area contributed by atoms with Crippen LogP contribution in [0.3, 0.4) is 0 Å². The van der Waals surface area contributed by atoms with Crippen LogP contribution in [-0.4, -0.2) is 11.3 Å². The first-order chi connectivity index (χ1) is 10.2. The Morgan fingerprint density at radius 2 is 1.95 bits per heavy atom. The fraction of sp³-hybridized carbons (Fsp3) is 0.176. The summed E-state index contributed by atoms with van der Waals surface area (Å²) in [5, 5.41) is 0. The van der Waals surface area contributed by atoms with Gasteiger partial charge in [-0.2, -0.15) is 0 Å². The molecule has 0 N–H and O–H groups in total. The summed E-state index contributed by atoms with van der Waals surface area (Å²) in [4.78, 5) is 15.2. The van der Waals surface area contributed by atoms with Gasteiger partial charge in [-0.25, -0.2) is 4.98 Å². The molecule has 4 heteroatoms. The van der Waals surface area contributed by atoms with Crippen molar-refractivity contribution in [1.82, 2.24) is 4.98 Å². The number of carbonyl (C=O) groups excluding carboxylic acids is 1. The molecule has 21 heavy (non-hydrogen) atoms. The van der Waals surface area contributed by atoms with Gasteiger partial charge in [0.25, 0.3) is 0 Å². The fourth-order valence-electron chi connectivity index (χ4n) is 2.26. The van der Waals surface area contributed by atoms with Crippen molar-refractivity contribution < 1.29 is 13.6 Å². The predicted octanol–water partition coefficient (Wildman–Crippen LogP) is 4.28. The summed E-state index contributed by atoms with van der Waals surface area (Å²) in [5.41, 5.74) is 2.74. The summed E-state index contributed by atoms with van der Waals surface area (Å²) in [6.45, 7) is 3.97. The monoisotopic (exact) mass is 281 g/mol. The highest BCUT2D eigenvalue weighted by molar-refractivity contribution is 5.73. The lowest BCUT2D eigenvalue weighted by Gasteiger charge is -2.00. The number of rotatable bonds is 4. The molecule has 0 aliphatic heterocycles. The maximum atomic E-state index is 10.7. The van der Waals surface area contributed by atoms with Gasteiger partial charge in [-0.3, -0.25) is 4.79 Å². The number of aryl methyl sites for hydroxylation is 2. The van der Waals surface area contributed by atoms with Crippen LogP contribution in [0, 0.1) is 6.92 Å². The van der Waals surface area contributed by atoms with Crippen LogP contribution in [0.5, 0.6) is 0 Å². The van der Waals surface area contributed by atoms with Gasteiger partial charge in [-0.15, -0.1) is 0 Å². The van der Waals surface area contributed by atoms with Crippen molar-refractivity contribution in [3.8, 4) is 22.8 Å². The molecule has 0 atom stereocenters. The molecule has 0 amide bonds. The topological polar surface area (TPSA) is 56.2 Å². The second kappa shape index (κ2) is 5.40. The van der Waals surface area contributed by atoms with E-state index in [2.05, 4.69) is 11.9 Å². The Hall–Kier alpha value is -2.62. The van der Waals surface area contributed by atoms with Crippen LogP contribution in [0.25, 0.3) is 22.8 Å². The molecule has 2 heterocycles.